The molecule has 4 fully saturated rings. The van der Waals surface area contributed by atoms with E-state index in [2.05, 4.69) is 10.6 Å². The molecule has 2 N–H and O–H groups in total. The van der Waals surface area contributed by atoms with Crippen molar-refractivity contribution in [3.05, 3.63) is 18.2 Å². The van der Waals surface area contributed by atoms with Gasteiger partial charge in [0.1, 0.15) is 5.75 Å². The standard InChI is InChI=1S/C22H29N3O3/c1-28-20-12-14(7-8-19(20)25-9-3-6-21(25)26)23-22(27)24-18-11-13-10-17(18)16-5-2-4-15(13)16/h7-8,12-13,15-18H,2-6,9-11H2,1H3,(H2,23,24,27). The van der Waals surface area contributed by atoms with Gasteiger partial charge in [0.2, 0.25) is 5.91 Å². The van der Waals surface area contributed by atoms with Crippen molar-refractivity contribution >= 4 is 23.3 Å². The van der Waals surface area contributed by atoms with E-state index in [1.54, 1.807) is 18.1 Å². The van der Waals surface area contributed by atoms with Crippen LogP contribution in [-0.4, -0.2) is 31.6 Å². The quantitative estimate of drug-likeness (QED) is 0.831. The van der Waals surface area contributed by atoms with Crippen LogP contribution in [0, 0.1) is 23.7 Å². The number of hydrogen-bond donors (Lipinski definition) is 2. The smallest absolute Gasteiger partial charge is 0.319 e. The zero-order chi connectivity index (χ0) is 19.3. The van der Waals surface area contributed by atoms with Crippen LogP contribution in [0.25, 0.3) is 0 Å². The number of fused-ring (bicyclic) bond motifs is 5. The lowest BCUT2D eigenvalue weighted by atomic mass is 9.79. The third kappa shape index (κ3) is 2.93. The fourth-order valence-electron chi connectivity index (χ4n) is 6.45. The van der Waals surface area contributed by atoms with E-state index in [9.17, 15) is 9.59 Å². The summed E-state index contributed by atoms with van der Waals surface area (Å²) in [5, 5.41) is 6.19. The first-order valence-corrected chi connectivity index (χ1v) is 10.7. The Morgan fingerprint density at radius 3 is 2.79 bits per heavy atom. The minimum absolute atomic E-state index is 0.123. The predicted octanol–water partition coefficient (Wildman–Crippen LogP) is 3.77. The Labute approximate surface area is 166 Å². The highest BCUT2D eigenvalue weighted by molar-refractivity contribution is 5.97. The Hall–Kier alpha value is -2.24. The van der Waals surface area contributed by atoms with Crippen LogP contribution in [0.1, 0.15) is 44.9 Å². The Balaban J connectivity index is 1.24. The van der Waals surface area contributed by atoms with E-state index in [1.807, 2.05) is 12.1 Å². The van der Waals surface area contributed by atoms with Crippen molar-refractivity contribution in [2.75, 3.05) is 23.9 Å². The van der Waals surface area contributed by atoms with Gasteiger partial charge in [0.15, 0.2) is 0 Å². The van der Waals surface area contributed by atoms with Crippen molar-refractivity contribution in [2.45, 2.75) is 51.0 Å². The van der Waals surface area contributed by atoms with Gasteiger partial charge >= 0.3 is 6.03 Å². The number of hydrogen-bond acceptors (Lipinski definition) is 3. The highest BCUT2D eigenvalue weighted by Gasteiger charge is 2.54. The molecule has 1 heterocycles. The van der Waals surface area contributed by atoms with Crippen LogP contribution >= 0.6 is 0 Å². The first-order valence-electron chi connectivity index (χ1n) is 10.7. The summed E-state index contributed by atoms with van der Waals surface area (Å²) in [5.74, 6) is 3.99. The molecular formula is C22H29N3O3. The maximum Gasteiger partial charge on any atom is 0.319 e. The summed E-state index contributed by atoms with van der Waals surface area (Å²) >= 11 is 0. The molecule has 1 saturated heterocycles. The molecule has 150 valence electrons. The fraction of sp³-hybridized carbons (Fsp3) is 0.636. The lowest BCUT2D eigenvalue weighted by molar-refractivity contribution is -0.117. The number of nitrogens with one attached hydrogen (secondary N) is 2. The van der Waals surface area contributed by atoms with E-state index in [4.69, 9.17) is 4.74 Å². The van der Waals surface area contributed by atoms with Crippen molar-refractivity contribution in [2.24, 2.45) is 23.7 Å². The second-order valence-electron chi connectivity index (χ2n) is 8.89. The van der Waals surface area contributed by atoms with Crippen LogP contribution in [0.4, 0.5) is 16.2 Å². The number of methoxy groups -OCH3 is 1. The number of nitrogens with zero attached hydrogens (tertiary/aromatic N) is 1. The molecule has 0 spiro atoms. The number of rotatable bonds is 4. The SMILES string of the molecule is COc1cc(NC(=O)NC2CC3CC2C2CCCC32)ccc1N1CCCC1=O. The molecule has 2 bridgehead atoms. The molecule has 6 heteroatoms. The zero-order valence-electron chi connectivity index (χ0n) is 16.4. The van der Waals surface area contributed by atoms with Gasteiger partial charge in [-0.25, -0.2) is 4.79 Å². The van der Waals surface area contributed by atoms with Gasteiger partial charge in [0.25, 0.3) is 0 Å². The van der Waals surface area contributed by atoms with E-state index in [-0.39, 0.29) is 11.9 Å². The first-order chi connectivity index (χ1) is 13.6. The number of carbonyl (C=O) groups is 2. The highest BCUT2D eigenvalue weighted by Crippen LogP contribution is 2.58. The molecule has 5 rings (SSSR count). The number of carbonyl (C=O) groups excluding carboxylic acids is 2. The van der Waals surface area contributed by atoms with Crippen LogP contribution in [0.5, 0.6) is 5.75 Å². The van der Waals surface area contributed by atoms with Crippen molar-refractivity contribution in [1.82, 2.24) is 5.32 Å². The maximum absolute atomic E-state index is 12.6. The molecule has 1 aromatic carbocycles. The lowest BCUT2D eigenvalue weighted by Gasteiger charge is -2.32. The van der Waals surface area contributed by atoms with Gasteiger partial charge in [-0.2, -0.15) is 0 Å². The zero-order valence-corrected chi connectivity index (χ0v) is 16.4. The summed E-state index contributed by atoms with van der Waals surface area (Å²) in [6.45, 7) is 0.717. The fourth-order valence-corrected chi connectivity index (χ4v) is 6.45. The second kappa shape index (κ2) is 6.98. The topological polar surface area (TPSA) is 70.7 Å². The van der Waals surface area contributed by atoms with Crippen LogP contribution < -0.4 is 20.3 Å². The lowest BCUT2D eigenvalue weighted by Crippen LogP contribution is -2.44. The number of benzene rings is 1. The number of urea groups is 1. The predicted molar refractivity (Wildman–Crippen MR) is 108 cm³/mol. The van der Waals surface area contributed by atoms with E-state index in [0.29, 0.717) is 29.8 Å². The van der Waals surface area contributed by atoms with Crippen molar-refractivity contribution in [3.8, 4) is 5.75 Å². The number of amides is 3. The molecule has 3 aliphatic carbocycles. The van der Waals surface area contributed by atoms with E-state index in [0.717, 1.165) is 42.8 Å². The van der Waals surface area contributed by atoms with Gasteiger partial charge in [-0.3, -0.25) is 4.79 Å². The van der Waals surface area contributed by atoms with Gasteiger partial charge in [0.05, 0.1) is 12.8 Å². The van der Waals surface area contributed by atoms with Gasteiger partial charge in [-0.1, -0.05) is 6.42 Å². The Morgan fingerprint density at radius 2 is 2.00 bits per heavy atom. The molecule has 3 saturated carbocycles. The summed E-state index contributed by atoms with van der Waals surface area (Å²) in [4.78, 5) is 26.4. The molecule has 4 aliphatic rings. The van der Waals surface area contributed by atoms with Crippen molar-refractivity contribution < 1.29 is 14.3 Å². The van der Waals surface area contributed by atoms with Crippen LogP contribution in [0.3, 0.4) is 0 Å². The molecule has 5 unspecified atom stereocenters. The number of anilines is 2. The molecule has 1 aliphatic heterocycles. The van der Waals surface area contributed by atoms with Crippen LogP contribution in [0.15, 0.2) is 18.2 Å². The molecule has 6 nitrogen and oxygen atoms in total. The Bertz CT molecular complexity index is 795. The number of ether oxygens (including phenoxy) is 1. The van der Waals surface area contributed by atoms with E-state index >= 15 is 0 Å². The average molecular weight is 383 g/mol. The van der Waals surface area contributed by atoms with Gasteiger partial charge in [0, 0.05) is 30.8 Å². The molecule has 0 aromatic heterocycles. The minimum atomic E-state index is -0.140. The van der Waals surface area contributed by atoms with Gasteiger partial charge in [-0.15, -0.1) is 0 Å². The molecule has 5 atom stereocenters. The monoisotopic (exact) mass is 383 g/mol. The van der Waals surface area contributed by atoms with Gasteiger partial charge < -0.3 is 20.3 Å². The maximum atomic E-state index is 12.6. The summed E-state index contributed by atoms with van der Waals surface area (Å²) in [6.07, 6.45) is 8.00. The van der Waals surface area contributed by atoms with Crippen LogP contribution in [0.2, 0.25) is 0 Å². The first kappa shape index (κ1) is 17.8. The van der Waals surface area contributed by atoms with Crippen LogP contribution in [-0.2, 0) is 4.79 Å². The normalized spacial score (nSPS) is 33.2. The average Bonchev–Trinajstić information content (AvgIpc) is 3.43. The van der Waals surface area contributed by atoms with Crippen molar-refractivity contribution in [3.63, 3.8) is 0 Å². The summed E-state index contributed by atoms with van der Waals surface area (Å²) in [7, 11) is 1.59. The summed E-state index contributed by atoms with van der Waals surface area (Å²) < 4.78 is 5.48. The molecule has 1 aromatic rings. The van der Waals surface area contributed by atoms with E-state index in [1.165, 1.54) is 25.7 Å². The highest BCUT2D eigenvalue weighted by atomic mass is 16.5. The second-order valence-corrected chi connectivity index (χ2v) is 8.89. The van der Waals surface area contributed by atoms with E-state index < -0.39 is 0 Å². The molecule has 3 amide bonds. The Morgan fingerprint density at radius 1 is 1.14 bits per heavy atom. The Kier molecular flexibility index (Phi) is 4.44. The largest absolute Gasteiger partial charge is 0.494 e. The third-order valence-corrected chi connectivity index (χ3v) is 7.55. The van der Waals surface area contributed by atoms with Crippen molar-refractivity contribution in [1.29, 1.82) is 0 Å². The summed E-state index contributed by atoms with van der Waals surface area (Å²) in [6, 6.07) is 5.68. The minimum Gasteiger partial charge on any atom is -0.494 e. The summed E-state index contributed by atoms with van der Waals surface area (Å²) in [5.41, 5.74) is 1.46. The molecule has 28 heavy (non-hydrogen) atoms. The molecule has 0 radical (unpaired) electrons. The molecular weight excluding hydrogens is 354 g/mol. The van der Waals surface area contributed by atoms with Gasteiger partial charge in [-0.05, 0) is 67.9 Å². The third-order valence-electron chi connectivity index (χ3n) is 7.55.